The number of halogens is 1. The molecular formula is C11H11BrN2OS. The van der Waals surface area contributed by atoms with Gasteiger partial charge in [0.15, 0.2) is 0 Å². The summed E-state index contributed by atoms with van der Waals surface area (Å²) in [6.07, 6.45) is 2.91. The van der Waals surface area contributed by atoms with Gasteiger partial charge in [0, 0.05) is 11.7 Å². The number of thioether (sulfide) groups is 1. The van der Waals surface area contributed by atoms with E-state index in [1.54, 1.807) is 12.3 Å². The highest BCUT2D eigenvalue weighted by Gasteiger charge is 2.23. The summed E-state index contributed by atoms with van der Waals surface area (Å²) in [5, 5.41) is 9.54. The highest BCUT2D eigenvalue weighted by Crippen LogP contribution is 2.34. The molecule has 5 heteroatoms. The van der Waals surface area contributed by atoms with E-state index in [4.69, 9.17) is 0 Å². The van der Waals surface area contributed by atoms with E-state index in [1.807, 2.05) is 22.2 Å². The van der Waals surface area contributed by atoms with Gasteiger partial charge in [-0.2, -0.15) is 11.8 Å². The molecule has 1 N–H and O–H groups in total. The van der Waals surface area contributed by atoms with Gasteiger partial charge in [0.05, 0.1) is 11.7 Å². The molecule has 2 aromatic heterocycles. The van der Waals surface area contributed by atoms with Crippen LogP contribution in [0.3, 0.4) is 0 Å². The summed E-state index contributed by atoms with van der Waals surface area (Å²) in [5.41, 5.74) is 1.02. The van der Waals surface area contributed by atoms with E-state index in [0.717, 1.165) is 21.7 Å². The molecule has 1 saturated heterocycles. The fraction of sp³-hybridized carbons (Fsp3) is 0.364. The Labute approximate surface area is 106 Å². The molecule has 3 nitrogen and oxygen atoms in total. The number of pyridine rings is 1. The van der Waals surface area contributed by atoms with Gasteiger partial charge < -0.3 is 5.11 Å². The van der Waals surface area contributed by atoms with Gasteiger partial charge in [-0.15, -0.1) is 0 Å². The van der Waals surface area contributed by atoms with Gasteiger partial charge in [0.1, 0.15) is 16.2 Å². The molecule has 0 aliphatic carbocycles. The normalized spacial score (nSPS) is 20.7. The summed E-state index contributed by atoms with van der Waals surface area (Å²) >= 11 is 5.44. The third kappa shape index (κ3) is 1.62. The van der Waals surface area contributed by atoms with Gasteiger partial charge in [-0.25, -0.2) is 4.98 Å². The number of aromatic hydroxyl groups is 1. The Balaban J connectivity index is 2.19. The summed E-state index contributed by atoms with van der Waals surface area (Å²) in [6.45, 7) is 0. The van der Waals surface area contributed by atoms with Gasteiger partial charge in [0.2, 0.25) is 0 Å². The maximum atomic E-state index is 9.54. The smallest absolute Gasteiger partial charge is 0.132 e. The minimum atomic E-state index is 0.282. The van der Waals surface area contributed by atoms with E-state index in [2.05, 4.69) is 20.9 Å². The van der Waals surface area contributed by atoms with Crippen LogP contribution in [0.15, 0.2) is 22.9 Å². The largest absolute Gasteiger partial charge is 0.506 e. The van der Waals surface area contributed by atoms with Gasteiger partial charge in [-0.1, -0.05) is 0 Å². The summed E-state index contributed by atoms with van der Waals surface area (Å²) in [6, 6.07) is 3.58. The fourth-order valence-corrected chi connectivity index (χ4v) is 3.81. The van der Waals surface area contributed by atoms with Crippen molar-refractivity contribution in [3.05, 3.63) is 28.8 Å². The standard InChI is InChI=1S/C11H11BrN2OS/c12-10-9-2-1-8(15)5-14(9)11(13-10)7-3-4-16-6-7/h1-2,5,7,15H,3-4,6H2. The zero-order valence-electron chi connectivity index (χ0n) is 8.56. The van der Waals surface area contributed by atoms with Crippen LogP contribution in [0.5, 0.6) is 5.75 Å². The zero-order valence-corrected chi connectivity index (χ0v) is 11.0. The van der Waals surface area contributed by atoms with E-state index < -0.39 is 0 Å². The summed E-state index contributed by atoms with van der Waals surface area (Å²) < 4.78 is 2.86. The number of hydrogen-bond acceptors (Lipinski definition) is 3. The van der Waals surface area contributed by atoms with Crippen LogP contribution in [0.2, 0.25) is 0 Å². The number of hydrogen-bond donors (Lipinski definition) is 1. The minimum Gasteiger partial charge on any atom is -0.506 e. The lowest BCUT2D eigenvalue weighted by molar-refractivity contribution is 0.471. The predicted octanol–water partition coefficient (Wildman–Crippen LogP) is 3.02. The maximum Gasteiger partial charge on any atom is 0.132 e. The van der Waals surface area contributed by atoms with Crippen LogP contribution in [0.4, 0.5) is 0 Å². The molecule has 84 valence electrons. The maximum absolute atomic E-state index is 9.54. The number of imidazole rings is 1. The van der Waals surface area contributed by atoms with Crippen LogP contribution in [0, 0.1) is 0 Å². The van der Waals surface area contributed by atoms with E-state index in [1.165, 1.54) is 12.2 Å². The van der Waals surface area contributed by atoms with Crippen molar-refractivity contribution in [2.75, 3.05) is 11.5 Å². The van der Waals surface area contributed by atoms with Gasteiger partial charge in [-0.05, 0) is 40.2 Å². The van der Waals surface area contributed by atoms with Crippen LogP contribution in [-0.2, 0) is 0 Å². The SMILES string of the molecule is Oc1ccc2c(Br)nc(C3CCSC3)n2c1. The molecule has 1 fully saturated rings. The lowest BCUT2D eigenvalue weighted by Gasteiger charge is -2.07. The van der Waals surface area contributed by atoms with Crippen LogP contribution >= 0.6 is 27.7 Å². The summed E-state index contributed by atoms with van der Waals surface area (Å²) in [7, 11) is 0. The lowest BCUT2D eigenvalue weighted by atomic mass is 10.1. The lowest BCUT2D eigenvalue weighted by Crippen LogP contribution is -2.02. The Morgan fingerprint density at radius 3 is 3.12 bits per heavy atom. The molecule has 1 aliphatic rings. The first-order valence-corrected chi connectivity index (χ1v) is 7.14. The second-order valence-corrected chi connectivity index (χ2v) is 5.86. The zero-order chi connectivity index (χ0) is 11.1. The van der Waals surface area contributed by atoms with Gasteiger partial charge in [0.25, 0.3) is 0 Å². The molecule has 0 saturated carbocycles. The van der Waals surface area contributed by atoms with Crippen molar-refractivity contribution < 1.29 is 5.11 Å². The molecule has 1 atom stereocenters. The first kappa shape index (κ1) is 10.5. The van der Waals surface area contributed by atoms with Crippen molar-refractivity contribution in [1.29, 1.82) is 0 Å². The van der Waals surface area contributed by atoms with Crippen molar-refractivity contribution in [1.82, 2.24) is 9.38 Å². The predicted molar refractivity (Wildman–Crippen MR) is 69.2 cm³/mol. The minimum absolute atomic E-state index is 0.282. The van der Waals surface area contributed by atoms with Gasteiger partial charge >= 0.3 is 0 Å². The third-order valence-corrected chi connectivity index (χ3v) is 4.64. The molecule has 16 heavy (non-hydrogen) atoms. The Bertz CT molecular complexity index is 534. The molecule has 0 radical (unpaired) electrons. The van der Waals surface area contributed by atoms with Crippen molar-refractivity contribution >= 4 is 33.2 Å². The Kier molecular flexibility index (Phi) is 2.59. The van der Waals surface area contributed by atoms with Crippen molar-refractivity contribution in [3.8, 4) is 5.75 Å². The van der Waals surface area contributed by atoms with Crippen molar-refractivity contribution in [2.45, 2.75) is 12.3 Å². The van der Waals surface area contributed by atoms with E-state index in [0.29, 0.717) is 5.92 Å². The quantitative estimate of drug-likeness (QED) is 0.879. The molecule has 1 unspecified atom stereocenters. The molecule has 1 aliphatic heterocycles. The Hall–Kier alpha value is -0.680. The average molecular weight is 299 g/mol. The number of nitrogens with zero attached hydrogens (tertiary/aromatic N) is 2. The first-order chi connectivity index (χ1) is 7.75. The average Bonchev–Trinajstić information content (AvgIpc) is 2.86. The van der Waals surface area contributed by atoms with Crippen LogP contribution in [0.25, 0.3) is 5.52 Å². The number of fused-ring (bicyclic) bond motifs is 1. The summed E-state index contributed by atoms with van der Waals surface area (Å²) in [5.74, 6) is 4.18. The highest BCUT2D eigenvalue weighted by molar-refractivity contribution is 9.10. The van der Waals surface area contributed by atoms with E-state index in [-0.39, 0.29) is 5.75 Å². The molecule has 3 heterocycles. The highest BCUT2D eigenvalue weighted by atomic mass is 79.9. The van der Waals surface area contributed by atoms with Crippen molar-refractivity contribution in [3.63, 3.8) is 0 Å². The van der Waals surface area contributed by atoms with Crippen LogP contribution in [0.1, 0.15) is 18.2 Å². The second kappa shape index (κ2) is 3.96. The number of aromatic nitrogens is 2. The first-order valence-electron chi connectivity index (χ1n) is 5.20. The van der Waals surface area contributed by atoms with Crippen LogP contribution < -0.4 is 0 Å². The number of rotatable bonds is 1. The molecule has 0 spiro atoms. The van der Waals surface area contributed by atoms with Crippen molar-refractivity contribution in [2.24, 2.45) is 0 Å². The molecule has 3 rings (SSSR count). The van der Waals surface area contributed by atoms with Gasteiger partial charge in [-0.3, -0.25) is 4.40 Å². The third-order valence-electron chi connectivity index (χ3n) is 2.90. The molecule has 0 amide bonds. The Morgan fingerprint density at radius 2 is 2.38 bits per heavy atom. The summed E-state index contributed by atoms with van der Waals surface area (Å²) in [4.78, 5) is 4.57. The van der Waals surface area contributed by atoms with E-state index in [9.17, 15) is 5.11 Å². The molecule has 0 aromatic carbocycles. The Morgan fingerprint density at radius 1 is 1.50 bits per heavy atom. The molecule has 2 aromatic rings. The van der Waals surface area contributed by atoms with E-state index >= 15 is 0 Å². The van der Waals surface area contributed by atoms with Crippen LogP contribution in [-0.4, -0.2) is 26.0 Å². The second-order valence-electron chi connectivity index (χ2n) is 3.96. The molecule has 0 bridgehead atoms. The fourth-order valence-electron chi connectivity index (χ4n) is 2.09. The topological polar surface area (TPSA) is 37.5 Å². The molecular weight excluding hydrogens is 288 g/mol. The monoisotopic (exact) mass is 298 g/mol.